The number of rotatable bonds is 3. The molecule has 1 aliphatic carbocycles. The number of hydrogen-bond donors (Lipinski definition) is 1. The highest BCUT2D eigenvalue weighted by atomic mass is 35.5. The van der Waals surface area contributed by atoms with Gasteiger partial charge in [0.25, 0.3) is 5.91 Å². The molecular formula is C16H15ClN2OS. The second-order valence-electron chi connectivity index (χ2n) is 5.07. The molecule has 1 aromatic carbocycles. The van der Waals surface area contributed by atoms with Crippen molar-refractivity contribution in [1.29, 1.82) is 0 Å². The summed E-state index contributed by atoms with van der Waals surface area (Å²) in [7, 11) is 0. The molecule has 0 fully saturated rings. The maximum atomic E-state index is 11.7. The summed E-state index contributed by atoms with van der Waals surface area (Å²) in [6.45, 7) is 0. The Morgan fingerprint density at radius 1 is 1.24 bits per heavy atom. The summed E-state index contributed by atoms with van der Waals surface area (Å²) in [6, 6.07) is 7.42. The minimum absolute atomic E-state index is 0.377. The lowest BCUT2D eigenvalue weighted by molar-refractivity contribution is 0.100. The van der Waals surface area contributed by atoms with Crippen LogP contribution < -0.4 is 5.73 Å². The summed E-state index contributed by atoms with van der Waals surface area (Å²) in [6.07, 6.45) is 5.99. The van der Waals surface area contributed by atoms with E-state index in [0.29, 0.717) is 10.6 Å². The van der Waals surface area contributed by atoms with Crippen LogP contribution in [0.2, 0.25) is 5.02 Å². The Kier molecular flexibility index (Phi) is 4.08. The van der Waals surface area contributed by atoms with E-state index >= 15 is 0 Å². The lowest BCUT2D eigenvalue weighted by atomic mass is 9.95. The number of nitrogens with two attached hydrogens (primary N) is 1. The van der Waals surface area contributed by atoms with Gasteiger partial charge >= 0.3 is 0 Å². The number of thiophene rings is 1. The van der Waals surface area contributed by atoms with E-state index in [1.54, 1.807) is 17.6 Å². The van der Waals surface area contributed by atoms with Gasteiger partial charge in [0.2, 0.25) is 0 Å². The highest BCUT2D eigenvalue weighted by Crippen LogP contribution is 2.39. The zero-order valence-electron chi connectivity index (χ0n) is 11.4. The predicted octanol–water partition coefficient (Wildman–Crippen LogP) is 4.13. The number of carbonyl (C=O) groups excluding carboxylic acids is 1. The van der Waals surface area contributed by atoms with Gasteiger partial charge in [-0.15, -0.1) is 11.3 Å². The van der Waals surface area contributed by atoms with Crippen molar-refractivity contribution in [2.45, 2.75) is 25.7 Å². The number of aliphatic imine (C=N–C) groups is 1. The minimum Gasteiger partial charge on any atom is -0.365 e. The zero-order chi connectivity index (χ0) is 14.8. The van der Waals surface area contributed by atoms with E-state index in [1.807, 2.05) is 24.3 Å². The van der Waals surface area contributed by atoms with Crippen molar-refractivity contribution in [2.75, 3.05) is 0 Å². The largest absolute Gasteiger partial charge is 0.365 e. The topological polar surface area (TPSA) is 55.5 Å². The monoisotopic (exact) mass is 318 g/mol. The number of nitrogens with zero attached hydrogens (tertiary/aromatic N) is 1. The van der Waals surface area contributed by atoms with E-state index in [2.05, 4.69) is 4.99 Å². The Balaban J connectivity index is 1.96. The van der Waals surface area contributed by atoms with Gasteiger partial charge in [-0.3, -0.25) is 4.79 Å². The number of hydrogen-bond acceptors (Lipinski definition) is 3. The molecule has 0 unspecified atom stereocenters. The Morgan fingerprint density at radius 2 is 1.95 bits per heavy atom. The molecule has 3 nitrogen and oxygen atoms in total. The van der Waals surface area contributed by atoms with Crippen LogP contribution in [0, 0.1) is 0 Å². The van der Waals surface area contributed by atoms with E-state index in [1.165, 1.54) is 11.3 Å². The van der Waals surface area contributed by atoms with Crippen molar-refractivity contribution in [1.82, 2.24) is 0 Å². The van der Waals surface area contributed by atoms with Crippen LogP contribution in [0.4, 0.5) is 5.00 Å². The molecule has 0 bridgehead atoms. The van der Waals surface area contributed by atoms with Gasteiger partial charge < -0.3 is 5.73 Å². The number of fused-ring (bicyclic) bond motifs is 1. The molecule has 0 saturated carbocycles. The first-order valence-electron chi connectivity index (χ1n) is 6.89. The van der Waals surface area contributed by atoms with Gasteiger partial charge in [0.1, 0.15) is 5.00 Å². The molecule has 0 spiro atoms. The number of benzene rings is 1. The van der Waals surface area contributed by atoms with Crippen LogP contribution in [0.15, 0.2) is 29.3 Å². The van der Waals surface area contributed by atoms with Crippen molar-refractivity contribution >= 4 is 40.1 Å². The van der Waals surface area contributed by atoms with Crippen LogP contribution in [0.3, 0.4) is 0 Å². The molecule has 0 radical (unpaired) electrons. The molecule has 1 aromatic heterocycles. The molecular weight excluding hydrogens is 304 g/mol. The fourth-order valence-electron chi connectivity index (χ4n) is 2.58. The third-order valence-electron chi connectivity index (χ3n) is 3.60. The predicted molar refractivity (Wildman–Crippen MR) is 88.2 cm³/mol. The Bertz CT molecular complexity index is 704. The van der Waals surface area contributed by atoms with Crippen LogP contribution >= 0.6 is 22.9 Å². The number of halogens is 1. The Morgan fingerprint density at radius 3 is 2.67 bits per heavy atom. The van der Waals surface area contributed by atoms with Crippen LogP contribution in [-0.4, -0.2) is 12.1 Å². The standard InChI is InChI=1S/C16H15ClN2OS/c17-11-7-5-10(6-8-11)9-19-16-14(15(18)20)12-3-1-2-4-13(12)21-16/h5-9H,1-4H2,(H2,18,20). The van der Waals surface area contributed by atoms with Crippen molar-refractivity contribution in [3.05, 3.63) is 50.9 Å². The number of aryl methyl sites for hydroxylation is 1. The second-order valence-corrected chi connectivity index (χ2v) is 6.59. The molecule has 108 valence electrons. The number of primary amides is 1. The summed E-state index contributed by atoms with van der Waals surface area (Å²) in [5, 5.41) is 1.42. The number of amides is 1. The SMILES string of the molecule is NC(=O)c1c(N=Cc2ccc(Cl)cc2)sc2c1CCCC2. The maximum absolute atomic E-state index is 11.7. The van der Waals surface area contributed by atoms with Crippen molar-refractivity contribution in [3.8, 4) is 0 Å². The van der Waals surface area contributed by atoms with Gasteiger partial charge in [0, 0.05) is 16.1 Å². The molecule has 21 heavy (non-hydrogen) atoms. The highest BCUT2D eigenvalue weighted by molar-refractivity contribution is 7.16. The Labute approximate surface area is 132 Å². The summed E-state index contributed by atoms with van der Waals surface area (Å²) in [4.78, 5) is 17.5. The molecule has 1 aliphatic rings. The van der Waals surface area contributed by atoms with Gasteiger partial charge in [0.15, 0.2) is 0 Å². The van der Waals surface area contributed by atoms with E-state index in [-0.39, 0.29) is 5.91 Å². The first-order chi connectivity index (χ1) is 10.1. The minimum atomic E-state index is -0.377. The van der Waals surface area contributed by atoms with Crippen molar-refractivity contribution in [2.24, 2.45) is 10.7 Å². The zero-order valence-corrected chi connectivity index (χ0v) is 13.0. The lowest BCUT2D eigenvalue weighted by Crippen LogP contribution is -2.14. The normalized spacial score (nSPS) is 14.3. The molecule has 3 rings (SSSR count). The summed E-state index contributed by atoms with van der Waals surface area (Å²) < 4.78 is 0. The fraction of sp³-hybridized carbons (Fsp3) is 0.250. The second kappa shape index (κ2) is 6.00. The van der Waals surface area contributed by atoms with E-state index in [4.69, 9.17) is 17.3 Å². The van der Waals surface area contributed by atoms with Crippen LogP contribution in [-0.2, 0) is 12.8 Å². The third kappa shape index (κ3) is 3.01. The smallest absolute Gasteiger partial charge is 0.252 e. The van der Waals surface area contributed by atoms with Crippen LogP contribution in [0.1, 0.15) is 39.2 Å². The maximum Gasteiger partial charge on any atom is 0.252 e. The van der Waals surface area contributed by atoms with Crippen LogP contribution in [0.5, 0.6) is 0 Å². The molecule has 0 atom stereocenters. The van der Waals surface area contributed by atoms with Gasteiger partial charge in [-0.25, -0.2) is 4.99 Å². The quantitative estimate of drug-likeness (QED) is 0.850. The van der Waals surface area contributed by atoms with E-state index < -0.39 is 0 Å². The fourth-order valence-corrected chi connectivity index (χ4v) is 3.94. The summed E-state index contributed by atoms with van der Waals surface area (Å²) >= 11 is 7.45. The van der Waals surface area contributed by atoms with Gasteiger partial charge in [0.05, 0.1) is 5.56 Å². The van der Waals surface area contributed by atoms with Crippen molar-refractivity contribution in [3.63, 3.8) is 0 Å². The van der Waals surface area contributed by atoms with Gasteiger partial charge in [-0.2, -0.15) is 0 Å². The molecule has 2 aromatic rings. The first kappa shape index (κ1) is 14.3. The van der Waals surface area contributed by atoms with Gasteiger partial charge in [-0.05, 0) is 48.9 Å². The molecule has 5 heteroatoms. The van der Waals surface area contributed by atoms with Crippen LogP contribution in [0.25, 0.3) is 0 Å². The molecule has 1 amide bonds. The van der Waals surface area contributed by atoms with E-state index in [9.17, 15) is 4.79 Å². The van der Waals surface area contributed by atoms with E-state index in [0.717, 1.165) is 35.4 Å². The third-order valence-corrected chi connectivity index (χ3v) is 5.05. The number of carbonyl (C=O) groups is 1. The lowest BCUT2D eigenvalue weighted by Gasteiger charge is -2.10. The summed E-state index contributed by atoms with van der Waals surface area (Å²) in [5.74, 6) is -0.377. The average molecular weight is 319 g/mol. The molecule has 2 N–H and O–H groups in total. The first-order valence-corrected chi connectivity index (χ1v) is 8.08. The molecule has 0 aliphatic heterocycles. The molecule has 1 heterocycles. The molecule has 0 saturated heterocycles. The van der Waals surface area contributed by atoms with Crippen molar-refractivity contribution < 1.29 is 4.79 Å². The summed E-state index contributed by atoms with van der Waals surface area (Å²) in [5.41, 5.74) is 8.22. The van der Waals surface area contributed by atoms with Gasteiger partial charge in [-0.1, -0.05) is 23.7 Å². The average Bonchev–Trinajstić information content (AvgIpc) is 2.85. The Hall–Kier alpha value is -1.65. The highest BCUT2D eigenvalue weighted by Gasteiger charge is 2.23.